The van der Waals surface area contributed by atoms with Crippen LogP contribution in [0.5, 0.6) is 5.75 Å². The molecule has 1 aliphatic carbocycles. The van der Waals surface area contributed by atoms with Crippen LogP contribution in [0.2, 0.25) is 0 Å². The summed E-state index contributed by atoms with van der Waals surface area (Å²) in [4.78, 5) is 7.87. The minimum absolute atomic E-state index is 0.137. The smallest absolute Gasteiger partial charge is 0.115 e. The summed E-state index contributed by atoms with van der Waals surface area (Å²) >= 11 is 1.68. The average Bonchev–Trinajstić information content (AvgIpc) is 3.00. The van der Waals surface area contributed by atoms with Crippen molar-refractivity contribution in [1.82, 2.24) is 9.88 Å². The second-order valence-corrected chi connectivity index (χ2v) is 6.98. The quantitative estimate of drug-likeness (QED) is 0.889. The SMILES string of the molecule is Oc1cccc(CN(Cc2cncs2)C2CCC(O)CC2)c1. The molecule has 0 atom stereocenters. The summed E-state index contributed by atoms with van der Waals surface area (Å²) in [5, 5.41) is 19.4. The molecule has 0 saturated heterocycles. The van der Waals surface area contributed by atoms with Gasteiger partial charge in [-0.1, -0.05) is 12.1 Å². The first-order valence-electron chi connectivity index (χ1n) is 7.78. The van der Waals surface area contributed by atoms with E-state index in [1.165, 1.54) is 4.88 Å². The highest BCUT2D eigenvalue weighted by molar-refractivity contribution is 7.09. The van der Waals surface area contributed by atoms with Gasteiger partial charge in [0.25, 0.3) is 0 Å². The Kier molecular flexibility index (Phi) is 5.08. The highest BCUT2D eigenvalue weighted by Gasteiger charge is 2.25. The monoisotopic (exact) mass is 318 g/mol. The molecule has 1 saturated carbocycles. The summed E-state index contributed by atoms with van der Waals surface area (Å²) in [5.41, 5.74) is 2.99. The van der Waals surface area contributed by atoms with Crippen LogP contribution in [0.25, 0.3) is 0 Å². The molecule has 0 spiro atoms. The third-order valence-corrected chi connectivity index (χ3v) is 5.09. The van der Waals surface area contributed by atoms with Gasteiger partial charge < -0.3 is 10.2 Å². The van der Waals surface area contributed by atoms with E-state index in [9.17, 15) is 10.2 Å². The molecule has 0 bridgehead atoms. The average molecular weight is 318 g/mol. The standard InChI is InChI=1S/C17H22N2O2S/c20-15-6-4-14(5-7-15)19(11-17-9-18-12-22-17)10-13-2-1-3-16(21)8-13/h1-3,8-9,12,14-15,20-21H,4-7,10-11H2. The Morgan fingerprint density at radius 2 is 2.00 bits per heavy atom. The van der Waals surface area contributed by atoms with Gasteiger partial charge in [-0.05, 0) is 43.4 Å². The van der Waals surface area contributed by atoms with Crippen LogP contribution in [0, 0.1) is 0 Å². The lowest BCUT2D eigenvalue weighted by atomic mass is 9.91. The van der Waals surface area contributed by atoms with Crippen LogP contribution in [0.15, 0.2) is 36.0 Å². The second-order valence-electron chi connectivity index (χ2n) is 6.00. The fourth-order valence-corrected chi connectivity index (χ4v) is 3.77. The lowest BCUT2D eigenvalue weighted by Crippen LogP contribution is -2.38. The number of aliphatic hydroxyl groups excluding tert-OH is 1. The fourth-order valence-electron chi connectivity index (χ4n) is 3.15. The number of thiazole rings is 1. The maximum atomic E-state index is 9.73. The third-order valence-electron chi connectivity index (χ3n) is 4.32. The Labute approximate surface area is 135 Å². The molecular formula is C17H22N2O2S. The van der Waals surface area contributed by atoms with Crippen molar-refractivity contribution in [2.45, 2.75) is 50.9 Å². The van der Waals surface area contributed by atoms with E-state index in [0.717, 1.165) is 44.3 Å². The largest absolute Gasteiger partial charge is 0.508 e. The first kappa shape index (κ1) is 15.5. The van der Waals surface area contributed by atoms with Crippen molar-refractivity contribution in [3.05, 3.63) is 46.4 Å². The van der Waals surface area contributed by atoms with Gasteiger partial charge in [-0.15, -0.1) is 11.3 Å². The highest BCUT2D eigenvalue weighted by Crippen LogP contribution is 2.27. The summed E-state index contributed by atoms with van der Waals surface area (Å²) in [6.07, 6.45) is 5.60. The van der Waals surface area contributed by atoms with Crippen LogP contribution < -0.4 is 0 Å². The third kappa shape index (κ3) is 4.06. The van der Waals surface area contributed by atoms with Gasteiger partial charge in [0, 0.05) is 30.2 Å². The molecule has 2 N–H and O–H groups in total. The van der Waals surface area contributed by atoms with Crippen molar-refractivity contribution in [2.75, 3.05) is 0 Å². The van der Waals surface area contributed by atoms with Gasteiger partial charge in [0.15, 0.2) is 0 Å². The van der Waals surface area contributed by atoms with Crippen molar-refractivity contribution in [1.29, 1.82) is 0 Å². The molecule has 0 amide bonds. The maximum Gasteiger partial charge on any atom is 0.115 e. The van der Waals surface area contributed by atoms with Gasteiger partial charge in [0.05, 0.1) is 11.6 Å². The Hall–Kier alpha value is -1.43. The lowest BCUT2D eigenvalue weighted by Gasteiger charge is -2.35. The van der Waals surface area contributed by atoms with Crippen molar-refractivity contribution in [3.63, 3.8) is 0 Å². The van der Waals surface area contributed by atoms with Crippen LogP contribution in [0.4, 0.5) is 0 Å². The molecule has 0 radical (unpaired) electrons. The van der Waals surface area contributed by atoms with E-state index < -0.39 is 0 Å². The van der Waals surface area contributed by atoms with Crippen molar-refractivity contribution >= 4 is 11.3 Å². The van der Waals surface area contributed by atoms with E-state index in [0.29, 0.717) is 11.8 Å². The number of phenols is 1. The van der Waals surface area contributed by atoms with E-state index in [1.807, 2.05) is 23.8 Å². The second kappa shape index (κ2) is 7.22. The summed E-state index contributed by atoms with van der Waals surface area (Å²) in [6, 6.07) is 7.95. The zero-order chi connectivity index (χ0) is 15.4. The first-order chi connectivity index (χ1) is 10.7. The van der Waals surface area contributed by atoms with Crippen LogP contribution >= 0.6 is 11.3 Å². The molecule has 3 rings (SSSR count). The molecule has 4 nitrogen and oxygen atoms in total. The molecular weight excluding hydrogens is 296 g/mol. The maximum absolute atomic E-state index is 9.73. The Morgan fingerprint density at radius 3 is 2.68 bits per heavy atom. The highest BCUT2D eigenvalue weighted by atomic mass is 32.1. The number of rotatable bonds is 5. The van der Waals surface area contributed by atoms with E-state index in [4.69, 9.17) is 0 Å². The first-order valence-corrected chi connectivity index (χ1v) is 8.66. The van der Waals surface area contributed by atoms with Crippen LogP contribution in [-0.2, 0) is 13.1 Å². The molecule has 2 aromatic rings. The topological polar surface area (TPSA) is 56.6 Å². The van der Waals surface area contributed by atoms with Gasteiger partial charge in [0.2, 0.25) is 0 Å². The van der Waals surface area contributed by atoms with Crippen molar-refractivity contribution in [3.8, 4) is 5.75 Å². The van der Waals surface area contributed by atoms with E-state index in [1.54, 1.807) is 17.4 Å². The van der Waals surface area contributed by atoms with Gasteiger partial charge in [-0.3, -0.25) is 9.88 Å². The van der Waals surface area contributed by atoms with E-state index in [2.05, 4.69) is 16.0 Å². The minimum atomic E-state index is -0.137. The zero-order valence-corrected chi connectivity index (χ0v) is 13.4. The molecule has 5 heteroatoms. The lowest BCUT2D eigenvalue weighted by molar-refractivity contribution is 0.0670. The predicted molar refractivity (Wildman–Crippen MR) is 87.7 cm³/mol. The molecule has 1 aliphatic rings. The predicted octanol–water partition coefficient (Wildman–Crippen LogP) is 3.15. The molecule has 1 fully saturated rings. The Bertz CT molecular complexity index is 580. The molecule has 0 unspecified atom stereocenters. The normalized spacial score (nSPS) is 22.1. The summed E-state index contributed by atoms with van der Waals surface area (Å²) in [6.45, 7) is 1.69. The minimum Gasteiger partial charge on any atom is -0.508 e. The zero-order valence-electron chi connectivity index (χ0n) is 12.6. The summed E-state index contributed by atoms with van der Waals surface area (Å²) in [5.74, 6) is 0.314. The van der Waals surface area contributed by atoms with Gasteiger partial charge in [-0.2, -0.15) is 0 Å². The number of aliphatic hydroxyl groups is 1. The number of aromatic hydroxyl groups is 1. The van der Waals surface area contributed by atoms with Crippen LogP contribution in [-0.4, -0.2) is 32.2 Å². The molecule has 118 valence electrons. The van der Waals surface area contributed by atoms with Gasteiger partial charge in [0.1, 0.15) is 5.75 Å². The van der Waals surface area contributed by atoms with Gasteiger partial charge in [-0.25, -0.2) is 0 Å². The van der Waals surface area contributed by atoms with E-state index >= 15 is 0 Å². The Morgan fingerprint density at radius 1 is 1.18 bits per heavy atom. The number of hydrogen-bond acceptors (Lipinski definition) is 5. The number of phenolic OH excluding ortho intramolecular Hbond substituents is 1. The molecule has 22 heavy (non-hydrogen) atoms. The van der Waals surface area contributed by atoms with Crippen LogP contribution in [0.3, 0.4) is 0 Å². The molecule has 1 aromatic heterocycles. The van der Waals surface area contributed by atoms with E-state index in [-0.39, 0.29) is 6.10 Å². The fraction of sp³-hybridized carbons (Fsp3) is 0.471. The van der Waals surface area contributed by atoms with Crippen LogP contribution in [0.1, 0.15) is 36.1 Å². The summed E-state index contributed by atoms with van der Waals surface area (Å²) in [7, 11) is 0. The van der Waals surface area contributed by atoms with Crippen molar-refractivity contribution < 1.29 is 10.2 Å². The van der Waals surface area contributed by atoms with Gasteiger partial charge >= 0.3 is 0 Å². The van der Waals surface area contributed by atoms with Crippen molar-refractivity contribution in [2.24, 2.45) is 0 Å². The number of hydrogen-bond donors (Lipinski definition) is 2. The summed E-state index contributed by atoms with van der Waals surface area (Å²) < 4.78 is 0. The number of nitrogens with zero attached hydrogens (tertiary/aromatic N) is 2. The number of benzene rings is 1. The molecule has 0 aliphatic heterocycles. The Balaban J connectivity index is 1.73. The number of aromatic nitrogens is 1. The molecule has 1 aromatic carbocycles. The molecule has 1 heterocycles.